The molecule has 1 fully saturated rings. The molecule has 0 bridgehead atoms. The van der Waals surface area contributed by atoms with Crippen LogP contribution >= 0.6 is 0 Å². The highest BCUT2D eigenvalue weighted by Crippen LogP contribution is 2.19. The highest BCUT2D eigenvalue weighted by molar-refractivity contribution is 5.84. The van der Waals surface area contributed by atoms with Crippen molar-refractivity contribution >= 4 is 18.2 Å². The molecule has 0 saturated carbocycles. The van der Waals surface area contributed by atoms with Gasteiger partial charge in [-0.2, -0.15) is 0 Å². The SMILES string of the molecule is O=CCCCCC(=O)N1CCCC1C(=O)O. The standard InChI is InChI=1S/C11H17NO4/c13-8-3-1-2-6-10(14)12-7-4-5-9(12)11(15)16/h8-9H,1-7H2,(H,15,16). The van der Waals surface area contributed by atoms with E-state index < -0.39 is 12.0 Å². The molecule has 1 N–H and O–H groups in total. The van der Waals surface area contributed by atoms with E-state index in [1.165, 1.54) is 4.90 Å². The Morgan fingerprint density at radius 2 is 2.12 bits per heavy atom. The lowest BCUT2D eigenvalue weighted by atomic mass is 10.1. The van der Waals surface area contributed by atoms with Crippen LogP contribution in [0.2, 0.25) is 0 Å². The number of aliphatic carboxylic acids is 1. The molecule has 1 aliphatic heterocycles. The fraction of sp³-hybridized carbons (Fsp3) is 0.727. The molecule has 1 atom stereocenters. The predicted molar refractivity (Wildman–Crippen MR) is 56.9 cm³/mol. The van der Waals surface area contributed by atoms with Gasteiger partial charge >= 0.3 is 5.97 Å². The van der Waals surface area contributed by atoms with Crippen molar-refractivity contribution < 1.29 is 19.5 Å². The third kappa shape index (κ3) is 3.32. The van der Waals surface area contributed by atoms with Crippen LogP contribution in [0.25, 0.3) is 0 Å². The van der Waals surface area contributed by atoms with E-state index in [1.807, 2.05) is 0 Å². The molecule has 1 aliphatic rings. The summed E-state index contributed by atoms with van der Waals surface area (Å²) in [6, 6.07) is -0.640. The number of carbonyl (C=O) groups is 3. The van der Waals surface area contributed by atoms with E-state index in [-0.39, 0.29) is 5.91 Å². The minimum atomic E-state index is -0.918. The Bertz CT molecular complexity index is 277. The number of likely N-dealkylation sites (tertiary alicyclic amines) is 1. The summed E-state index contributed by atoms with van der Waals surface area (Å²) in [4.78, 5) is 34.1. The van der Waals surface area contributed by atoms with Gasteiger partial charge < -0.3 is 14.8 Å². The summed E-state index contributed by atoms with van der Waals surface area (Å²) in [7, 11) is 0. The monoisotopic (exact) mass is 227 g/mol. The van der Waals surface area contributed by atoms with E-state index in [0.717, 1.165) is 12.7 Å². The molecule has 90 valence electrons. The number of unbranched alkanes of at least 4 members (excludes halogenated alkanes) is 2. The Kier molecular flexibility index (Phi) is 4.95. The molecule has 0 aliphatic carbocycles. The first-order valence-corrected chi connectivity index (χ1v) is 5.62. The summed E-state index contributed by atoms with van der Waals surface area (Å²) in [6.07, 6.45) is 4.31. The lowest BCUT2D eigenvalue weighted by Crippen LogP contribution is -2.40. The second-order valence-corrected chi connectivity index (χ2v) is 4.00. The van der Waals surface area contributed by atoms with Crippen molar-refractivity contribution in [3.8, 4) is 0 Å². The quantitative estimate of drug-likeness (QED) is 0.538. The van der Waals surface area contributed by atoms with Crippen LogP contribution in [0, 0.1) is 0 Å². The van der Waals surface area contributed by atoms with Crippen LogP contribution in [0.5, 0.6) is 0 Å². The van der Waals surface area contributed by atoms with E-state index in [2.05, 4.69) is 0 Å². The molecule has 1 rings (SSSR count). The maximum atomic E-state index is 11.7. The zero-order valence-corrected chi connectivity index (χ0v) is 9.22. The van der Waals surface area contributed by atoms with Crippen LogP contribution in [-0.2, 0) is 14.4 Å². The molecular weight excluding hydrogens is 210 g/mol. The van der Waals surface area contributed by atoms with Gasteiger partial charge in [0, 0.05) is 19.4 Å². The summed E-state index contributed by atoms with van der Waals surface area (Å²) in [5.74, 6) is -1.02. The molecule has 0 aromatic rings. The van der Waals surface area contributed by atoms with Crippen molar-refractivity contribution in [1.82, 2.24) is 4.90 Å². The van der Waals surface area contributed by atoms with Crippen LogP contribution in [0.4, 0.5) is 0 Å². The van der Waals surface area contributed by atoms with Crippen molar-refractivity contribution in [2.45, 2.75) is 44.6 Å². The van der Waals surface area contributed by atoms with Gasteiger partial charge in [-0.3, -0.25) is 4.79 Å². The maximum absolute atomic E-state index is 11.7. The molecule has 0 aromatic carbocycles. The van der Waals surface area contributed by atoms with Crippen molar-refractivity contribution in [3.63, 3.8) is 0 Å². The molecule has 5 nitrogen and oxygen atoms in total. The molecular formula is C11H17NO4. The minimum absolute atomic E-state index is 0.101. The summed E-state index contributed by atoms with van der Waals surface area (Å²) in [5.41, 5.74) is 0. The molecule has 1 unspecified atom stereocenters. The first-order valence-electron chi connectivity index (χ1n) is 5.62. The molecule has 0 aromatic heterocycles. The Balaban J connectivity index is 2.35. The van der Waals surface area contributed by atoms with Crippen LogP contribution in [0.1, 0.15) is 38.5 Å². The van der Waals surface area contributed by atoms with Gasteiger partial charge in [0.05, 0.1) is 0 Å². The van der Waals surface area contributed by atoms with E-state index in [4.69, 9.17) is 5.11 Å². The molecule has 5 heteroatoms. The predicted octanol–water partition coefficient (Wildman–Crippen LogP) is 0.821. The number of rotatable bonds is 6. The smallest absolute Gasteiger partial charge is 0.326 e. The number of carbonyl (C=O) groups excluding carboxylic acids is 2. The van der Waals surface area contributed by atoms with Gasteiger partial charge in [-0.1, -0.05) is 0 Å². The molecule has 0 spiro atoms. The van der Waals surface area contributed by atoms with Crippen LogP contribution in [-0.4, -0.2) is 40.8 Å². The topological polar surface area (TPSA) is 74.7 Å². The van der Waals surface area contributed by atoms with Crippen LogP contribution in [0.3, 0.4) is 0 Å². The first-order chi connectivity index (χ1) is 7.66. The van der Waals surface area contributed by atoms with E-state index >= 15 is 0 Å². The number of nitrogens with zero attached hydrogens (tertiary/aromatic N) is 1. The van der Waals surface area contributed by atoms with Crippen molar-refractivity contribution in [1.29, 1.82) is 0 Å². The van der Waals surface area contributed by atoms with Gasteiger partial charge in [-0.05, 0) is 25.7 Å². The summed E-state index contributed by atoms with van der Waals surface area (Å²) >= 11 is 0. The highest BCUT2D eigenvalue weighted by atomic mass is 16.4. The second-order valence-electron chi connectivity index (χ2n) is 4.00. The number of carboxylic acids is 1. The Morgan fingerprint density at radius 3 is 2.75 bits per heavy atom. The summed E-state index contributed by atoms with van der Waals surface area (Å²) < 4.78 is 0. The average Bonchev–Trinajstić information content (AvgIpc) is 2.73. The number of hydrogen-bond donors (Lipinski definition) is 1. The van der Waals surface area contributed by atoms with Gasteiger partial charge in [-0.25, -0.2) is 4.79 Å². The second kappa shape index (κ2) is 6.25. The molecule has 1 saturated heterocycles. The van der Waals surface area contributed by atoms with Gasteiger partial charge in [0.1, 0.15) is 12.3 Å². The normalized spacial score (nSPS) is 19.8. The van der Waals surface area contributed by atoms with Crippen molar-refractivity contribution in [3.05, 3.63) is 0 Å². The van der Waals surface area contributed by atoms with Crippen molar-refractivity contribution in [2.75, 3.05) is 6.54 Å². The van der Waals surface area contributed by atoms with E-state index in [0.29, 0.717) is 38.6 Å². The summed E-state index contributed by atoms with van der Waals surface area (Å²) in [6.45, 7) is 0.545. The Hall–Kier alpha value is -1.39. The lowest BCUT2D eigenvalue weighted by Gasteiger charge is -2.21. The largest absolute Gasteiger partial charge is 0.480 e. The number of carboxylic acid groups (broad SMARTS) is 1. The fourth-order valence-electron chi connectivity index (χ4n) is 1.97. The first kappa shape index (κ1) is 12.7. The number of hydrogen-bond acceptors (Lipinski definition) is 3. The number of aldehydes is 1. The molecule has 16 heavy (non-hydrogen) atoms. The molecule has 1 heterocycles. The fourth-order valence-corrected chi connectivity index (χ4v) is 1.97. The molecule has 1 amide bonds. The third-order valence-corrected chi connectivity index (χ3v) is 2.82. The third-order valence-electron chi connectivity index (χ3n) is 2.82. The Morgan fingerprint density at radius 1 is 1.38 bits per heavy atom. The van der Waals surface area contributed by atoms with Crippen LogP contribution < -0.4 is 0 Å². The average molecular weight is 227 g/mol. The van der Waals surface area contributed by atoms with Gasteiger partial charge in [0.25, 0.3) is 0 Å². The lowest BCUT2D eigenvalue weighted by molar-refractivity contribution is -0.148. The van der Waals surface area contributed by atoms with Crippen molar-refractivity contribution in [2.24, 2.45) is 0 Å². The van der Waals surface area contributed by atoms with Crippen LogP contribution in [0.15, 0.2) is 0 Å². The Labute approximate surface area is 94.4 Å². The zero-order chi connectivity index (χ0) is 12.0. The molecule has 0 radical (unpaired) electrons. The summed E-state index contributed by atoms with van der Waals surface area (Å²) in [5, 5.41) is 8.90. The van der Waals surface area contributed by atoms with Gasteiger partial charge in [-0.15, -0.1) is 0 Å². The zero-order valence-electron chi connectivity index (χ0n) is 9.22. The number of amides is 1. The highest BCUT2D eigenvalue weighted by Gasteiger charge is 2.33. The van der Waals surface area contributed by atoms with Gasteiger partial charge in [0.15, 0.2) is 0 Å². The minimum Gasteiger partial charge on any atom is -0.480 e. The van der Waals surface area contributed by atoms with E-state index in [9.17, 15) is 14.4 Å². The van der Waals surface area contributed by atoms with E-state index in [1.54, 1.807) is 0 Å². The van der Waals surface area contributed by atoms with Gasteiger partial charge in [0.2, 0.25) is 5.91 Å². The maximum Gasteiger partial charge on any atom is 0.326 e.